The molecule has 4 heteroatoms. The minimum absolute atomic E-state index is 0.326. The first kappa shape index (κ1) is 9.58. The van der Waals surface area contributed by atoms with E-state index >= 15 is 0 Å². The monoisotopic (exact) mass is 204 g/mol. The fourth-order valence-electron chi connectivity index (χ4n) is 1.47. The molecule has 0 aliphatic carbocycles. The van der Waals surface area contributed by atoms with Gasteiger partial charge >= 0.3 is 0 Å². The summed E-state index contributed by atoms with van der Waals surface area (Å²) in [7, 11) is 1.67. The molecule has 0 fully saturated rings. The molecule has 2 rings (SSSR count). The zero-order chi connectivity index (χ0) is 10.8. The largest absolute Gasteiger partial charge is 0.296 e. The molecule has 0 N–H and O–H groups in total. The van der Waals surface area contributed by atoms with Crippen LogP contribution in [0.2, 0.25) is 0 Å². The molecular formula is C11H9FN2O. The van der Waals surface area contributed by atoms with Crippen molar-refractivity contribution in [2.24, 2.45) is 7.05 Å². The number of nitrogens with zero attached hydrogens (tertiary/aromatic N) is 2. The van der Waals surface area contributed by atoms with Crippen molar-refractivity contribution < 1.29 is 9.18 Å². The van der Waals surface area contributed by atoms with E-state index in [9.17, 15) is 9.18 Å². The van der Waals surface area contributed by atoms with Gasteiger partial charge in [-0.3, -0.25) is 9.48 Å². The second-order valence-corrected chi connectivity index (χ2v) is 3.20. The van der Waals surface area contributed by atoms with Crippen molar-refractivity contribution in [1.82, 2.24) is 9.78 Å². The summed E-state index contributed by atoms with van der Waals surface area (Å²) in [5.74, 6) is -0.326. The third-order valence-corrected chi connectivity index (χ3v) is 2.23. The Labute approximate surface area is 86.2 Å². The van der Waals surface area contributed by atoms with Crippen molar-refractivity contribution >= 4 is 6.29 Å². The van der Waals surface area contributed by atoms with E-state index in [1.54, 1.807) is 25.4 Å². The van der Waals surface area contributed by atoms with Crippen LogP contribution in [0.5, 0.6) is 0 Å². The molecule has 1 aromatic carbocycles. The van der Waals surface area contributed by atoms with Crippen LogP contribution >= 0.6 is 0 Å². The fourth-order valence-corrected chi connectivity index (χ4v) is 1.47. The molecule has 0 saturated heterocycles. The van der Waals surface area contributed by atoms with Crippen molar-refractivity contribution in [2.75, 3.05) is 0 Å². The van der Waals surface area contributed by atoms with E-state index in [1.165, 1.54) is 16.8 Å². The van der Waals surface area contributed by atoms with Gasteiger partial charge in [0.05, 0.1) is 6.20 Å². The molecule has 0 radical (unpaired) electrons. The lowest BCUT2D eigenvalue weighted by molar-refractivity contribution is 0.111. The summed E-state index contributed by atoms with van der Waals surface area (Å²) in [5.41, 5.74) is 1.75. The number of halogens is 1. The number of hydrogen-bond donors (Lipinski definition) is 0. The second-order valence-electron chi connectivity index (χ2n) is 3.20. The number of aromatic nitrogens is 2. The van der Waals surface area contributed by atoms with Crippen LogP contribution in [-0.2, 0) is 7.05 Å². The maximum Gasteiger partial charge on any atom is 0.168 e. The average Bonchev–Trinajstić information content (AvgIpc) is 2.59. The molecule has 0 aliphatic rings. The molecule has 0 aliphatic heterocycles. The third-order valence-electron chi connectivity index (χ3n) is 2.23. The normalized spacial score (nSPS) is 10.3. The van der Waals surface area contributed by atoms with Crippen LogP contribution in [0.15, 0.2) is 30.5 Å². The summed E-state index contributed by atoms with van der Waals surface area (Å²) in [6.07, 6.45) is 2.27. The predicted octanol–water partition coefficient (Wildman–Crippen LogP) is 2.04. The zero-order valence-corrected chi connectivity index (χ0v) is 8.14. The van der Waals surface area contributed by atoms with Crippen LogP contribution < -0.4 is 0 Å². The minimum atomic E-state index is -0.326. The molecule has 76 valence electrons. The Morgan fingerprint density at radius 3 is 2.93 bits per heavy atom. The van der Waals surface area contributed by atoms with Crippen molar-refractivity contribution in [3.63, 3.8) is 0 Å². The lowest BCUT2D eigenvalue weighted by atomic mass is 10.1. The Kier molecular flexibility index (Phi) is 2.33. The van der Waals surface area contributed by atoms with Gasteiger partial charge < -0.3 is 0 Å². The number of aldehydes is 1. The lowest BCUT2D eigenvalue weighted by Crippen LogP contribution is -1.97. The Balaban J connectivity index is 2.58. The van der Waals surface area contributed by atoms with Crippen molar-refractivity contribution in [1.29, 1.82) is 0 Å². The van der Waals surface area contributed by atoms with E-state index in [1.807, 2.05) is 0 Å². The summed E-state index contributed by atoms with van der Waals surface area (Å²) in [6.45, 7) is 0. The Bertz CT molecular complexity index is 505. The van der Waals surface area contributed by atoms with Gasteiger partial charge in [0.2, 0.25) is 0 Å². The molecular weight excluding hydrogens is 195 g/mol. The fraction of sp³-hybridized carbons (Fsp3) is 0.0909. The number of carbonyl (C=O) groups excluding carboxylic acids is 1. The zero-order valence-electron chi connectivity index (χ0n) is 8.14. The van der Waals surface area contributed by atoms with Crippen LogP contribution in [0.25, 0.3) is 11.1 Å². The Hall–Kier alpha value is -1.97. The van der Waals surface area contributed by atoms with E-state index in [0.717, 1.165) is 0 Å². The van der Waals surface area contributed by atoms with E-state index in [2.05, 4.69) is 5.10 Å². The molecule has 0 unspecified atom stereocenters. The van der Waals surface area contributed by atoms with Crippen molar-refractivity contribution in [2.45, 2.75) is 0 Å². The van der Waals surface area contributed by atoms with Gasteiger partial charge in [-0.1, -0.05) is 12.1 Å². The maximum absolute atomic E-state index is 13.0. The van der Waals surface area contributed by atoms with Crippen LogP contribution in [0.1, 0.15) is 10.5 Å². The molecule has 1 aromatic heterocycles. The molecule has 0 bridgehead atoms. The first-order valence-corrected chi connectivity index (χ1v) is 4.45. The number of aryl methyl sites for hydroxylation is 1. The van der Waals surface area contributed by atoms with Gasteiger partial charge in [0.15, 0.2) is 6.29 Å². The third kappa shape index (κ3) is 1.66. The highest BCUT2D eigenvalue weighted by atomic mass is 19.1. The van der Waals surface area contributed by atoms with E-state index < -0.39 is 0 Å². The smallest absolute Gasteiger partial charge is 0.168 e. The predicted molar refractivity (Wildman–Crippen MR) is 54.0 cm³/mol. The maximum atomic E-state index is 13.0. The highest BCUT2D eigenvalue weighted by molar-refractivity contribution is 5.85. The van der Waals surface area contributed by atoms with Crippen LogP contribution in [-0.4, -0.2) is 16.1 Å². The van der Waals surface area contributed by atoms with Crippen LogP contribution in [0.4, 0.5) is 4.39 Å². The molecule has 15 heavy (non-hydrogen) atoms. The molecule has 0 spiro atoms. The number of hydrogen-bond acceptors (Lipinski definition) is 2. The quantitative estimate of drug-likeness (QED) is 0.701. The summed E-state index contributed by atoms with van der Waals surface area (Å²) in [4.78, 5) is 10.8. The highest BCUT2D eigenvalue weighted by Crippen LogP contribution is 2.22. The second kappa shape index (κ2) is 3.65. The Morgan fingerprint density at radius 2 is 2.27 bits per heavy atom. The molecule has 0 saturated carbocycles. The van der Waals surface area contributed by atoms with Crippen molar-refractivity contribution in [3.05, 3.63) is 42.0 Å². The van der Waals surface area contributed by atoms with Crippen molar-refractivity contribution in [3.8, 4) is 11.1 Å². The molecule has 0 amide bonds. The highest BCUT2D eigenvalue weighted by Gasteiger charge is 2.09. The SMILES string of the molecule is Cn1ncc(-c2cccc(F)c2)c1C=O. The topological polar surface area (TPSA) is 34.9 Å². The molecule has 3 nitrogen and oxygen atoms in total. The lowest BCUT2D eigenvalue weighted by Gasteiger charge is -1.99. The van der Waals surface area contributed by atoms with Crippen LogP contribution in [0.3, 0.4) is 0 Å². The van der Waals surface area contributed by atoms with Gasteiger partial charge in [-0.15, -0.1) is 0 Å². The van der Waals surface area contributed by atoms with Gasteiger partial charge in [0, 0.05) is 12.6 Å². The van der Waals surface area contributed by atoms with Gasteiger partial charge in [-0.2, -0.15) is 5.10 Å². The van der Waals surface area contributed by atoms with Gasteiger partial charge in [-0.05, 0) is 17.7 Å². The summed E-state index contributed by atoms with van der Waals surface area (Å²) in [5, 5.41) is 3.96. The van der Waals surface area contributed by atoms with Gasteiger partial charge in [-0.25, -0.2) is 4.39 Å². The van der Waals surface area contributed by atoms with Crippen LogP contribution in [0, 0.1) is 5.82 Å². The summed E-state index contributed by atoms with van der Waals surface area (Å²) in [6, 6.07) is 6.09. The first-order chi connectivity index (χ1) is 7.22. The van der Waals surface area contributed by atoms with Gasteiger partial charge in [0.1, 0.15) is 11.5 Å². The minimum Gasteiger partial charge on any atom is -0.296 e. The number of carbonyl (C=O) groups is 1. The summed E-state index contributed by atoms with van der Waals surface area (Å²) < 4.78 is 14.4. The molecule has 1 heterocycles. The molecule has 2 aromatic rings. The van der Waals surface area contributed by atoms with E-state index in [4.69, 9.17) is 0 Å². The standard InChI is InChI=1S/C11H9FN2O/c1-14-11(7-15)10(6-13-14)8-3-2-4-9(12)5-8/h2-7H,1H3. The number of rotatable bonds is 2. The first-order valence-electron chi connectivity index (χ1n) is 4.45. The summed E-state index contributed by atoms with van der Waals surface area (Å²) >= 11 is 0. The van der Waals surface area contributed by atoms with E-state index in [0.29, 0.717) is 23.1 Å². The van der Waals surface area contributed by atoms with Gasteiger partial charge in [0.25, 0.3) is 0 Å². The molecule has 0 atom stereocenters. The number of benzene rings is 1. The van der Waals surface area contributed by atoms with E-state index in [-0.39, 0.29) is 5.82 Å². The average molecular weight is 204 g/mol. The Morgan fingerprint density at radius 1 is 1.47 bits per heavy atom.